The topological polar surface area (TPSA) is 131 Å². The number of aromatic nitrogens is 2. The number of hydrogen-bond donors (Lipinski definition) is 3. The Morgan fingerprint density at radius 3 is 2.38 bits per heavy atom. The SMILES string of the molecule is O=C(NCc1ccccc1-c1ccc([C@H]2O[C@@H](CSc3ncccc3C(=O)O)C[C@@H](c3ccc(CO)cc3)O2)cc1)c1cccnc1. The van der Waals surface area contributed by atoms with Gasteiger partial charge in [0.1, 0.15) is 5.03 Å². The molecule has 10 heteroatoms. The van der Waals surface area contributed by atoms with Gasteiger partial charge in [-0.25, -0.2) is 9.78 Å². The third-order valence-corrected chi connectivity index (χ3v) is 9.03. The van der Waals surface area contributed by atoms with E-state index >= 15 is 0 Å². The van der Waals surface area contributed by atoms with E-state index < -0.39 is 12.3 Å². The summed E-state index contributed by atoms with van der Waals surface area (Å²) in [5, 5.41) is 22.5. The number of rotatable bonds is 11. The van der Waals surface area contributed by atoms with E-state index in [1.165, 1.54) is 11.8 Å². The zero-order valence-corrected chi connectivity index (χ0v) is 26.2. The normalized spacial score (nSPS) is 17.6. The molecule has 0 aliphatic carbocycles. The summed E-state index contributed by atoms with van der Waals surface area (Å²) in [4.78, 5) is 32.7. The molecular weight excluding hydrogens is 614 g/mol. The molecule has 1 fully saturated rings. The van der Waals surface area contributed by atoms with Gasteiger partial charge in [0.05, 0.1) is 29.9 Å². The van der Waals surface area contributed by atoms with Gasteiger partial charge in [-0.3, -0.25) is 9.78 Å². The van der Waals surface area contributed by atoms with Gasteiger partial charge in [-0.15, -0.1) is 11.8 Å². The highest BCUT2D eigenvalue weighted by molar-refractivity contribution is 7.99. The molecule has 1 amide bonds. The van der Waals surface area contributed by atoms with Gasteiger partial charge < -0.3 is 25.0 Å². The Hall–Kier alpha value is -4.87. The third kappa shape index (κ3) is 7.93. The highest BCUT2D eigenvalue weighted by Gasteiger charge is 2.32. The molecule has 6 rings (SSSR count). The Balaban J connectivity index is 1.20. The number of thioether (sulfide) groups is 1. The first-order chi connectivity index (χ1) is 23.0. The van der Waals surface area contributed by atoms with Crippen LogP contribution in [0.1, 0.15) is 61.8 Å². The number of hydrogen-bond acceptors (Lipinski definition) is 8. The largest absolute Gasteiger partial charge is 0.478 e. The van der Waals surface area contributed by atoms with Crippen molar-refractivity contribution in [3.8, 4) is 11.1 Å². The van der Waals surface area contributed by atoms with Crippen LogP contribution in [0.5, 0.6) is 0 Å². The van der Waals surface area contributed by atoms with Crippen LogP contribution in [0.2, 0.25) is 0 Å². The number of carbonyl (C=O) groups excluding carboxylic acids is 1. The van der Waals surface area contributed by atoms with Crippen molar-refractivity contribution in [3.63, 3.8) is 0 Å². The minimum Gasteiger partial charge on any atom is -0.478 e. The minimum atomic E-state index is -1.02. The second-order valence-electron chi connectivity index (χ2n) is 11.0. The van der Waals surface area contributed by atoms with Crippen molar-refractivity contribution < 1.29 is 29.3 Å². The predicted octanol–water partition coefficient (Wildman–Crippen LogP) is 6.60. The lowest BCUT2D eigenvalue weighted by Gasteiger charge is -2.36. The van der Waals surface area contributed by atoms with Crippen LogP contribution < -0.4 is 5.32 Å². The fraction of sp³-hybridized carbons (Fsp3) is 0.189. The van der Waals surface area contributed by atoms with Gasteiger partial charge in [0, 0.05) is 42.9 Å². The van der Waals surface area contributed by atoms with Crippen molar-refractivity contribution in [1.29, 1.82) is 0 Å². The molecule has 0 bridgehead atoms. The molecule has 1 aliphatic rings. The maximum atomic E-state index is 12.6. The minimum absolute atomic E-state index is 0.0425. The first kappa shape index (κ1) is 32.1. The molecule has 0 spiro atoms. The van der Waals surface area contributed by atoms with Crippen molar-refractivity contribution in [1.82, 2.24) is 15.3 Å². The van der Waals surface area contributed by atoms with E-state index in [1.807, 2.05) is 72.8 Å². The zero-order chi connectivity index (χ0) is 32.6. The summed E-state index contributed by atoms with van der Waals surface area (Å²) < 4.78 is 13.0. The number of aliphatic hydroxyl groups excluding tert-OH is 1. The van der Waals surface area contributed by atoms with Crippen LogP contribution in [0, 0.1) is 0 Å². The lowest BCUT2D eigenvalue weighted by atomic mass is 9.97. The lowest BCUT2D eigenvalue weighted by Crippen LogP contribution is -2.31. The lowest BCUT2D eigenvalue weighted by molar-refractivity contribution is -0.245. The van der Waals surface area contributed by atoms with E-state index in [0.29, 0.717) is 29.3 Å². The molecule has 3 N–H and O–H groups in total. The second-order valence-corrected chi connectivity index (χ2v) is 12.0. The van der Waals surface area contributed by atoms with Gasteiger partial charge in [-0.2, -0.15) is 0 Å². The number of carboxylic acid groups (broad SMARTS) is 1. The summed E-state index contributed by atoms with van der Waals surface area (Å²) in [6.45, 7) is 0.315. The van der Waals surface area contributed by atoms with Gasteiger partial charge in [-0.05, 0) is 52.1 Å². The van der Waals surface area contributed by atoms with Crippen LogP contribution in [0.4, 0.5) is 0 Å². The highest BCUT2D eigenvalue weighted by Crippen LogP contribution is 2.40. The Bertz CT molecular complexity index is 1820. The highest BCUT2D eigenvalue weighted by atomic mass is 32.2. The van der Waals surface area contributed by atoms with Crippen molar-refractivity contribution in [2.24, 2.45) is 0 Å². The molecule has 3 heterocycles. The summed E-state index contributed by atoms with van der Waals surface area (Å²) in [6.07, 6.45) is 4.12. The van der Waals surface area contributed by atoms with Crippen LogP contribution >= 0.6 is 11.8 Å². The van der Waals surface area contributed by atoms with Gasteiger partial charge in [0.25, 0.3) is 5.91 Å². The van der Waals surface area contributed by atoms with Crippen LogP contribution in [0.15, 0.2) is 121 Å². The number of aliphatic hydroxyl groups is 1. The number of nitrogens with one attached hydrogen (secondary N) is 1. The number of aromatic carboxylic acids is 1. The first-order valence-electron chi connectivity index (χ1n) is 15.2. The number of amides is 1. The fourth-order valence-corrected chi connectivity index (χ4v) is 6.42. The number of nitrogens with zero attached hydrogens (tertiary/aromatic N) is 2. The third-order valence-electron chi connectivity index (χ3n) is 7.90. The van der Waals surface area contributed by atoms with Crippen molar-refractivity contribution in [2.75, 3.05) is 5.75 Å². The Morgan fingerprint density at radius 1 is 0.872 bits per heavy atom. The Labute approximate surface area is 276 Å². The zero-order valence-electron chi connectivity index (χ0n) is 25.4. The number of pyridine rings is 2. The monoisotopic (exact) mass is 647 g/mol. The summed E-state index contributed by atoms with van der Waals surface area (Å²) in [5.41, 5.74) is 6.23. The summed E-state index contributed by atoms with van der Waals surface area (Å²) in [5.74, 6) is -0.727. The summed E-state index contributed by atoms with van der Waals surface area (Å²) >= 11 is 1.35. The molecule has 238 valence electrons. The van der Waals surface area contributed by atoms with E-state index in [-0.39, 0.29) is 30.3 Å². The molecule has 2 aromatic heterocycles. The molecule has 0 saturated carbocycles. The summed E-state index contributed by atoms with van der Waals surface area (Å²) in [6, 6.07) is 30.2. The van der Waals surface area contributed by atoms with E-state index in [2.05, 4.69) is 15.3 Å². The molecule has 1 aliphatic heterocycles. The summed E-state index contributed by atoms with van der Waals surface area (Å²) in [7, 11) is 0. The van der Waals surface area contributed by atoms with Gasteiger partial charge >= 0.3 is 5.97 Å². The van der Waals surface area contributed by atoms with E-state index in [0.717, 1.165) is 33.4 Å². The van der Waals surface area contributed by atoms with Crippen molar-refractivity contribution in [3.05, 3.63) is 149 Å². The Kier molecular flexibility index (Phi) is 10.3. The maximum Gasteiger partial charge on any atom is 0.338 e. The molecule has 3 atom stereocenters. The molecule has 0 unspecified atom stereocenters. The average molecular weight is 648 g/mol. The predicted molar refractivity (Wildman–Crippen MR) is 178 cm³/mol. The number of carboxylic acids is 1. The number of benzene rings is 3. The molecule has 47 heavy (non-hydrogen) atoms. The smallest absolute Gasteiger partial charge is 0.338 e. The van der Waals surface area contributed by atoms with Crippen molar-refractivity contribution in [2.45, 2.75) is 43.1 Å². The Morgan fingerprint density at radius 2 is 1.64 bits per heavy atom. The van der Waals surface area contributed by atoms with Crippen LogP contribution in [0.25, 0.3) is 11.1 Å². The molecule has 5 aromatic rings. The first-order valence-corrected chi connectivity index (χ1v) is 16.1. The van der Waals surface area contributed by atoms with E-state index in [1.54, 1.807) is 42.9 Å². The van der Waals surface area contributed by atoms with Crippen molar-refractivity contribution >= 4 is 23.6 Å². The maximum absolute atomic E-state index is 12.6. The average Bonchev–Trinajstić information content (AvgIpc) is 3.13. The quantitative estimate of drug-likeness (QED) is 0.136. The van der Waals surface area contributed by atoms with Crippen LogP contribution in [-0.2, 0) is 22.6 Å². The van der Waals surface area contributed by atoms with E-state index in [4.69, 9.17) is 9.47 Å². The second kappa shape index (κ2) is 15.1. The standard InChI is InChI=1S/C37H33N3O6S/c41-22-24-9-11-26(12-10-24)33-19-30(23-47-35-32(36(43)44)8-4-18-39-35)45-37(46-33)27-15-13-25(14-16-27)31-7-2-1-5-28(31)21-40-34(42)29-6-3-17-38-20-29/h1-18,20,30,33,37,41H,19,21-23H2,(H,40,42)(H,43,44)/t30-,33+,37+/m1/s1. The molecule has 0 radical (unpaired) electrons. The molecular formula is C37H33N3O6S. The molecule has 1 saturated heterocycles. The van der Waals surface area contributed by atoms with Gasteiger partial charge in [0.2, 0.25) is 0 Å². The van der Waals surface area contributed by atoms with Gasteiger partial charge in [-0.1, -0.05) is 72.8 Å². The molecule has 3 aromatic carbocycles. The molecule has 9 nitrogen and oxygen atoms in total. The van der Waals surface area contributed by atoms with E-state index in [9.17, 15) is 19.8 Å². The van der Waals surface area contributed by atoms with Gasteiger partial charge in [0.15, 0.2) is 6.29 Å². The van der Waals surface area contributed by atoms with Crippen LogP contribution in [0.3, 0.4) is 0 Å². The van der Waals surface area contributed by atoms with Crippen LogP contribution in [-0.4, -0.2) is 43.9 Å². The number of ether oxygens (including phenoxy) is 2. The number of carbonyl (C=O) groups is 2. The fourth-order valence-electron chi connectivity index (χ4n) is 5.41.